The van der Waals surface area contributed by atoms with Gasteiger partial charge in [0.1, 0.15) is 0 Å². The van der Waals surface area contributed by atoms with Gasteiger partial charge in [0, 0.05) is 0 Å². The van der Waals surface area contributed by atoms with E-state index in [1.807, 2.05) is 0 Å². The van der Waals surface area contributed by atoms with Crippen molar-refractivity contribution in [2.45, 2.75) is 25.7 Å². The third-order valence-corrected chi connectivity index (χ3v) is 2.79. The average molecular weight is 230 g/mol. The van der Waals surface area contributed by atoms with E-state index in [9.17, 15) is 0 Å². The Morgan fingerprint density at radius 1 is 0.529 bits per heavy atom. The van der Waals surface area contributed by atoms with Crippen molar-refractivity contribution >= 4 is 0 Å². The molecule has 0 spiro atoms. The quantitative estimate of drug-likeness (QED) is 0.590. The van der Waals surface area contributed by atoms with Crippen LogP contribution in [0.5, 0.6) is 0 Å². The molecule has 0 atom stereocenters. The van der Waals surface area contributed by atoms with E-state index in [0.29, 0.717) is 56.3 Å². The molecule has 0 aliphatic rings. The van der Waals surface area contributed by atoms with Crippen LogP contribution in [-0.4, -0.2) is 30.7 Å². The molecule has 0 aromatic carbocycles. The summed E-state index contributed by atoms with van der Waals surface area (Å²) in [6.07, 6.45) is 1.56. The average Bonchev–Trinajstić information content (AvgIpc) is 2.37. The summed E-state index contributed by atoms with van der Waals surface area (Å²) in [6.45, 7) is 2.45. The molecule has 17 heavy (non-hydrogen) atoms. The molecule has 0 aromatic heterocycles. The topological polar surface area (TPSA) is 95.2 Å². The largest absolute Gasteiger partial charge is 0.320 e. The first kappa shape index (κ1) is 14.9. The summed E-state index contributed by atoms with van der Waals surface area (Å²) < 4.78 is 0.530. The van der Waals surface area contributed by atoms with E-state index in [-0.39, 0.29) is 0 Å². The van der Waals surface area contributed by atoms with E-state index < -0.39 is 0 Å². The number of hydrogen-bond acceptors (Lipinski definition) is 4. The normalized spacial score (nSPS) is 9.65. The summed E-state index contributed by atoms with van der Waals surface area (Å²) in [6, 6.07) is 8.35. The highest BCUT2D eigenvalue weighted by atomic mass is 15.3. The van der Waals surface area contributed by atoms with E-state index in [1.54, 1.807) is 0 Å². The van der Waals surface area contributed by atoms with Crippen LogP contribution < -0.4 is 0 Å². The summed E-state index contributed by atoms with van der Waals surface area (Å²) >= 11 is 0. The first-order valence-corrected chi connectivity index (χ1v) is 5.57. The highest BCUT2D eigenvalue weighted by Gasteiger charge is 2.25. The fourth-order valence-corrected chi connectivity index (χ4v) is 1.82. The van der Waals surface area contributed by atoms with Gasteiger partial charge in [0.25, 0.3) is 0 Å². The molecule has 5 heteroatoms. The van der Waals surface area contributed by atoms with Gasteiger partial charge in [0.15, 0.2) is 0 Å². The van der Waals surface area contributed by atoms with Gasteiger partial charge in [-0.2, -0.15) is 21.0 Å². The Balaban J connectivity index is 4.67. The lowest BCUT2D eigenvalue weighted by molar-refractivity contribution is -0.926. The first-order chi connectivity index (χ1) is 8.24. The van der Waals surface area contributed by atoms with Crippen molar-refractivity contribution in [1.82, 2.24) is 0 Å². The maximum absolute atomic E-state index is 8.65. The minimum atomic E-state index is 0.391. The number of quaternary nitrogens is 1. The monoisotopic (exact) mass is 230 g/mol. The molecule has 0 saturated heterocycles. The zero-order valence-electron chi connectivity index (χ0n) is 9.89. The molecule has 0 unspecified atom stereocenters. The Morgan fingerprint density at radius 3 is 0.941 bits per heavy atom. The highest BCUT2D eigenvalue weighted by Crippen LogP contribution is 2.12. The zero-order valence-corrected chi connectivity index (χ0v) is 9.89. The molecule has 0 aliphatic heterocycles. The van der Waals surface area contributed by atoms with E-state index in [2.05, 4.69) is 24.3 Å². The predicted octanol–water partition coefficient (Wildman–Crippen LogP) is 1.46. The summed E-state index contributed by atoms with van der Waals surface area (Å²) in [5.74, 6) is 0. The van der Waals surface area contributed by atoms with Gasteiger partial charge in [0.05, 0.1) is 76.1 Å². The van der Waals surface area contributed by atoms with E-state index in [1.165, 1.54) is 0 Å². The first-order valence-electron chi connectivity index (χ1n) is 5.57. The summed E-state index contributed by atoms with van der Waals surface area (Å²) in [5, 5.41) is 34.6. The van der Waals surface area contributed by atoms with Crippen molar-refractivity contribution in [3.05, 3.63) is 0 Å². The van der Waals surface area contributed by atoms with Crippen molar-refractivity contribution in [3.63, 3.8) is 0 Å². The lowest BCUT2D eigenvalue weighted by atomic mass is 10.2. The van der Waals surface area contributed by atoms with Gasteiger partial charge in [-0.1, -0.05) is 0 Å². The molecule has 0 fully saturated rings. The molecular weight excluding hydrogens is 214 g/mol. The van der Waals surface area contributed by atoms with Gasteiger partial charge in [-0.25, -0.2) is 0 Å². The Morgan fingerprint density at radius 2 is 0.765 bits per heavy atom. The minimum Gasteiger partial charge on any atom is -0.320 e. The SMILES string of the molecule is N#CCC[N+](CCC#N)(CCC#N)CCC#N. The van der Waals surface area contributed by atoms with Crippen LogP contribution in [0.3, 0.4) is 0 Å². The van der Waals surface area contributed by atoms with Crippen LogP contribution in [0.15, 0.2) is 0 Å². The van der Waals surface area contributed by atoms with Gasteiger partial charge >= 0.3 is 0 Å². The van der Waals surface area contributed by atoms with Gasteiger partial charge in [-0.3, -0.25) is 0 Å². The van der Waals surface area contributed by atoms with Crippen molar-refractivity contribution in [2.75, 3.05) is 26.2 Å². The van der Waals surface area contributed by atoms with Crippen molar-refractivity contribution in [2.24, 2.45) is 0 Å². The maximum Gasteiger partial charge on any atom is 0.0919 e. The summed E-state index contributed by atoms with van der Waals surface area (Å²) in [7, 11) is 0. The van der Waals surface area contributed by atoms with Crippen LogP contribution >= 0.6 is 0 Å². The second kappa shape index (κ2) is 9.17. The molecule has 0 amide bonds. The Bertz CT molecular complexity index is 296. The molecule has 0 aromatic rings. The van der Waals surface area contributed by atoms with Crippen molar-refractivity contribution in [3.8, 4) is 24.3 Å². The second-order valence-electron chi connectivity index (χ2n) is 3.87. The van der Waals surface area contributed by atoms with Crippen LogP contribution in [0.2, 0.25) is 0 Å². The number of nitriles is 4. The van der Waals surface area contributed by atoms with Gasteiger partial charge in [-0.15, -0.1) is 0 Å². The zero-order chi connectivity index (χ0) is 13.0. The Hall–Kier alpha value is -2.08. The number of rotatable bonds is 8. The van der Waals surface area contributed by atoms with Crippen LogP contribution in [0, 0.1) is 45.3 Å². The van der Waals surface area contributed by atoms with Crippen molar-refractivity contribution < 1.29 is 4.48 Å². The number of hydrogen-bond donors (Lipinski definition) is 0. The summed E-state index contributed by atoms with van der Waals surface area (Å²) in [5.41, 5.74) is 0. The number of nitrogens with zero attached hydrogens (tertiary/aromatic N) is 5. The van der Waals surface area contributed by atoms with Crippen LogP contribution in [0.4, 0.5) is 0 Å². The van der Waals surface area contributed by atoms with Crippen molar-refractivity contribution in [1.29, 1.82) is 21.0 Å². The molecule has 0 radical (unpaired) electrons. The molecule has 0 heterocycles. The Labute approximate surface area is 102 Å². The molecule has 0 N–H and O–H groups in total. The van der Waals surface area contributed by atoms with Gasteiger partial charge < -0.3 is 4.48 Å². The fraction of sp³-hybridized carbons (Fsp3) is 0.667. The molecule has 0 aliphatic carbocycles. The molecule has 0 rings (SSSR count). The molecule has 5 nitrogen and oxygen atoms in total. The lowest BCUT2D eigenvalue weighted by Gasteiger charge is -2.36. The summed E-state index contributed by atoms with van der Waals surface area (Å²) in [4.78, 5) is 0. The van der Waals surface area contributed by atoms with E-state index in [0.717, 1.165) is 0 Å². The predicted molar refractivity (Wildman–Crippen MR) is 60.6 cm³/mol. The van der Waals surface area contributed by atoms with Crippen LogP contribution in [-0.2, 0) is 0 Å². The van der Waals surface area contributed by atoms with Gasteiger partial charge in [0.2, 0.25) is 0 Å². The lowest BCUT2D eigenvalue weighted by Crippen LogP contribution is -2.50. The van der Waals surface area contributed by atoms with Crippen LogP contribution in [0.1, 0.15) is 25.7 Å². The third kappa shape index (κ3) is 6.16. The van der Waals surface area contributed by atoms with Crippen LogP contribution in [0.25, 0.3) is 0 Å². The molecule has 0 bridgehead atoms. The molecular formula is C12H16N5+. The van der Waals surface area contributed by atoms with E-state index >= 15 is 0 Å². The maximum atomic E-state index is 8.65. The Kier molecular flexibility index (Phi) is 8.05. The fourth-order valence-electron chi connectivity index (χ4n) is 1.82. The minimum absolute atomic E-state index is 0.391. The molecule has 88 valence electrons. The van der Waals surface area contributed by atoms with Gasteiger partial charge in [-0.05, 0) is 0 Å². The standard InChI is InChI=1S/C12H16N5/c13-5-1-9-17(10-2-6-14,11-3-7-15)12-4-8-16/h1-4,9-12H2/q+1. The molecule has 0 saturated carbocycles. The smallest absolute Gasteiger partial charge is 0.0919 e. The highest BCUT2D eigenvalue weighted by molar-refractivity contribution is 4.76. The second-order valence-corrected chi connectivity index (χ2v) is 3.87. The third-order valence-electron chi connectivity index (χ3n) is 2.79. The van der Waals surface area contributed by atoms with E-state index in [4.69, 9.17) is 21.0 Å².